The van der Waals surface area contributed by atoms with Crippen molar-refractivity contribution in [2.45, 2.75) is 17.7 Å². The van der Waals surface area contributed by atoms with Gasteiger partial charge in [0.05, 0.1) is 21.1 Å². The van der Waals surface area contributed by atoms with Crippen LogP contribution in [-0.2, 0) is 15.6 Å². The van der Waals surface area contributed by atoms with Gasteiger partial charge in [0.15, 0.2) is 0 Å². The Hall–Kier alpha value is -1.17. The van der Waals surface area contributed by atoms with Crippen LogP contribution in [0.5, 0.6) is 0 Å². The Morgan fingerprint density at radius 2 is 2.00 bits per heavy atom. The van der Waals surface area contributed by atoms with Gasteiger partial charge < -0.3 is 5.32 Å². The number of carbonyl (C=O) groups excluding carboxylic acids is 1. The van der Waals surface area contributed by atoms with Gasteiger partial charge in [-0.2, -0.15) is 0 Å². The maximum atomic E-state index is 12.0. The Balaban J connectivity index is 1.80. The number of nitrogens with one attached hydrogen (secondary N) is 1. The van der Waals surface area contributed by atoms with Gasteiger partial charge in [0.25, 0.3) is 0 Å². The van der Waals surface area contributed by atoms with E-state index in [2.05, 4.69) is 5.32 Å². The highest BCUT2D eigenvalue weighted by Gasteiger charge is 2.16. The Morgan fingerprint density at radius 1 is 1.29 bits per heavy atom. The molecule has 1 N–H and O–H groups in total. The van der Waals surface area contributed by atoms with E-state index in [4.69, 9.17) is 11.6 Å². The van der Waals surface area contributed by atoms with Gasteiger partial charge in [-0.05, 0) is 31.2 Å². The summed E-state index contributed by atoms with van der Waals surface area (Å²) in [5, 5.41) is 2.82. The molecule has 112 valence electrons. The van der Waals surface area contributed by atoms with Crippen LogP contribution in [0.1, 0.15) is 17.7 Å². The zero-order valence-corrected chi connectivity index (χ0v) is 13.9. The second-order valence-electron chi connectivity index (χ2n) is 4.52. The number of thiophene rings is 1. The smallest absolute Gasteiger partial charge is 0.228 e. The molecule has 0 saturated heterocycles. The molecule has 0 spiro atoms. The fourth-order valence-corrected chi connectivity index (χ4v) is 3.90. The molecule has 2 rings (SSSR count). The Morgan fingerprint density at radius 3 is 2.62 bits per heavy atom. The van der Waals surface area contributed by atoms with E-state index >= 15 is 0 Å². The highest BCUT2D eigenvalue weighted by atomic mass is 35.5. The summed E-state index contributed by atoms with van der Waals surface area (Å²) in [6, 6.07) is 12.9. The molecular weight excluding hydrogens is 326 g/mol. The molecule has 0 bridgehead atoms. The Labute approximate surface area is 135 Å². The van der Waals surface area contributed by atoms with Gasteiger partial charge >= 0.3 is 0 Å². The van der Waals surface area contributed by atoms with E-state index in [0.29, 0.717) is 16.6 Å². The van der Waals surface area contributed by atoms with Crippen LogP contribution in [0.4, 0.5) is 0 Å². The van der Waals surface area contributed by atoms with E-state index in [0.717, 1.165) is 9.77 Å². The minimum atomic E-state index is -1.09. The summed E-state index contributed by atoms with van der Waals surface area (Å²) in [6.07, 6.45) is 0. The van der Waals surface area contributed by atoms with Crippen molar-refractivity contribution in [2.24, 2.45) is 0 Å². The quantitative estimate of drug-likeness (QED) is 0.875. The molecule has 1 aromatic heterocycles. The van der Waals surface area contributed by atoms with Crippen LogP contribution in [0.3, 0.4) is 0 Å². The summed E-state index contributed by atoms with van der Waals surface area (Å²) in [4.78, 5) is 13.7. The average molecular weight is 342 g/mol. The summed E-state index contributed by atoms with van der Waals surface area (Å²) in [6.45, 7) is 2.23. The van der Waals surface area contributed by atoms with Gasteiger partial charge in [-0.25, -0.2) is 0 Å². The summed E-state index contributed by atoms with van der Waals surface area (Å²) >= 11 is 7.27. The number of carbonyl (C=O) groups is 1. The minimum Gasteiger partial charge on any atom is -0.355 e. The third kappa shape index (κ3) is 4.66. The normalized spacial score (nSPS) is 13.6. The van der Waals surface area contributed by atoms with Gasteiger partial charge in [0, 0.05) is 22.1 Å². The van der Waals surface area contributed by atoms with Crippen molar-refractivity contribution < 1.29 is 9.00 Å². The zero-order valence-electron chi connectivity index (χ0n) is 11.5. The van der Waals surface area contributed by atoms with Gasteiger partial charge in [-0.1, -0.05) is 29.8 Å². The molecule has 0 radical (unpaired) electrons. The monoisotopic (exact) mass is 341 g/mol. The molecule has 0 saturated carbocycles. The summed E-state index contributed by atoms with van der Waals surface area (Å²) < 4.78 is 12.7. The maximum absolute atomic E-state index is 12.0. The molecule has 0 fully saturated rings. The molecule has 3 nitrogen and oxygen atoms in total. The van der Waals surface area contributed by atoms with Crippen LogP contribution in [0, 0.1) is 0 Å². The van der Waals surface area contributed by atoms with Gasteiger partial charge in [0.1, 0.15) is 0 Å². The lowest BCUT2D eigenvalue weighted by atomic mass is 10.1. The largest absolute Gasteiger partial charge is 0.355 e. The van der Waals surface area contributed by atoms with Crippen LogP contribution < -0.4 is 5.32 Å². The van der Waals surface area contributed by atoms with Crippen LogP contribution in [0.2, 0.25) is 4.34 Å². The molecule has 1 aromatic carbocycles. The number of benzene rings is 1. The van der Waals surface area contributed by atoms with Crippen molar-refractivity contribution in [3.63, 3.8) is 0 Å². The third-order valence-corrected chi connectivity index (χ3v) is 5.79. The van der Waals surface area contributed by atoms with E-state index < -0.39 is 10.8 Å². The van der Waals surface area contributed by atoms with Gasteiger partial charge in [0.2, 0.25) is 5.91 Å². The van der Waals surface area contributed by atoms with Crippen molar-refractivity contribution in [3.05, 3.63) is 51.7 Å². The molecule has 6 heteroatoms. The fourth-order valence-electron chi connectivity index (χ4n) is 1.80. The summed E-state index contributed by atoms with van der Waals surface area (Å²) in [7, 11) is -1.09. The molecule has 2 atom stereocenters. The van der Waals surface area contributed by atoms with Crippen LogP contribution in [0.15, 0.2) is 47.4 Å². The first-order valence-corrected chi connectivity index (χ1v) is 9.05. The standard InChI is InChI=1S/C15H16ClNO2S2/c1-11(13-7-8-14(16)20-13)15(18)17-9-10-21(19)12-5-3-2-4-6-12/h2-8,11H,9-10H2,1H3,(H,17,18)/t11-,21+/m0/s1. The molecule has 1 heterocycles. The Kier molecular flexibility index (Phi) is 5.96. The van der Waals surface area contributed by atoms with Crippen LogP contribution >= 0.6 is 22.9 Å². The van der Waals surface area contributed by atoms with E-state index in [1.165, 1.54) is 11.3 Å². The second kappa shape index (κ2) is 7.73. The molecular formula is C15H16ClNO2S2. The summed E-state index contributed by atoms with van der Waals surface area (Å²) in [5.41, 5.74) is 0. The second-order valence-corrected chi connectivity index (χ2v) is 7.83. The minimum absolute atomic E-state index is 0.0708. The van der Waals surface area contributed by atoms with E-state index in [1.54, 1.807) is 6.07 Å². The molecule has 1 amide bonds. The lowest BCUT2D eigenvalue weighted by Crippen LogP contribution is -2.31. The Bertz CT molecular complexity index is 628. The third-order valence-electron chi connectivity index (χ3n) is 3.01. The molecule has 21 heavy (non-hydrogen) atoms. The summed E-state index contributed by atoms with van der Waals surface area (Å²) in [5.74, 6) is 0.0967. The van der Waals surface area contributed by atoms with E-state index in [-0.39, 0.29) is 11.8 Å². The number of rotatable bonds is 6. The average Bonchev–Trinajstić information content (AvgIpc) is 2.93. The molecule has 2 aromatic rings. The number of amides is 1. The van der Waals surface area contributed by atoms with Crippen LogP contribution in [0.25, 0.3) is 0 Å². The SMILES string of the molecule is C[C@H](C(=O)NCC[S@@](=O)c1ccccc1)c1ccc(Cl)s1. The predicted molar refractivity (Wildman–Crippen MR) is 88.5 cm³/mol. The van der Waals surface area contributed by atoms with Crippen molar-refractivity contribution in [1.29, 1.82) is 0 Å². The lowest BCUT2D eigenvalue weighted by molar-refractivity contribution is -0.122. The molecule has 0 aliphatic rings. The van der Waals surface area contributed by atoms with Gasteiger partial charge in [-0.3, -0.25) is 9.00 Å². The first kappa shape index (κ1) is 16.2. The first-order chi connectivity index (χ1) is 10.1. The topological polar surface area (TPSA) is 46.2 Å². The molecule has 0 aliphatic heterocycles. The highest BCUT2D eigenvalue weighted by molar-refractivity contribution is 7.85. The molecule has 0 aliphatic carbocycles. The van der Waals surface area contributed by atoms with Crippen molar-refractivity contribution in [1.82, 2.24) is 5.32 Å². The zero-order chi connectivity index (χ0) is 15.2. The van der Waals surface area contributed by atoms with Crippen molar-refractivity contribution in [2.75, 3.05) is 12.3 Å². The molecule has 0 unspecified atom stereocenters. The van der Waals surface area contributed by atoms with E-state index in [1.807, 2.05) is 43.3 Å². The van der Waals surface area contributed by atoms with Crippen molar-refractivity contribution in [3.8, 4) is 0 Å². The lowest BCUT2D eigenvalue weighted by Gasteiger charge is -2.10. The first-order valence-electron chi connectivity index (χ1n) is 6.54. The van der Waals surface area contributed by atoms with Crippen LogP contribution in [-0.4, -0.2) is 22.4 Å². The van der Waals surface area contributed by atoms with E-state index in [9.17, 15) is 9.00 Å². The highest BCUT2D eigenvalue weighted by Crippen LogP contribution is 2.27. The fraction of sp³-hybridized carbons (Fsp3) is 0.267. The predicted octanol–water partition coefficient (Wildman–Crippen LogP) is 3.43. The number of hydrogen-bond donors (Lipinski definition) is 1. The van der Waals surface area contributed by atoms with Gasteiger partial charge in [-0.15, -0.1) is 11.3 Å². The maximum Gasteiger partial charge on any atom is 0.228 e. The number of hydrogen-bond acceptors (Lipinski definition) is 3. The number of halogens is 1. The van der Waals surface area contributed by atoms with Crippen molar-refractivity contribution >= 4 is 39.6 Å².